The first-order chi connectivity index (χ1) is 17.9. The van der Waals surface area contributed by atoms with E-state index in [1.807, 2.05) is 54.8 Å². The van der Waals surface area contributed by atoms with Crippen LogP contribution >= 0.6 is 11.3 Å². The van der Waals surface area contributed by atoms with E-state index in [1.165, 1.54) is 12.1 Å². The van der Waals surface area contributed by atoms with Crippen LogP contribution in [0.5, 0.6) is 0 Å². The van der Waals surface area contributed by atoms with Crippen LogP contribution in [-0.2, 0) is 20.7 Å². The number of ketones is 1. The number of dihydropyridines is 1. The highest BCUT2D eigenvalue weighted by atomic mass is 32.1. The van der Waals surface area contributed by atoms with Gasteiger partial charge < -0.3 is 10.1 Å². The number of benzene rings is 2. The number of hydrogen-bond acceptors (Lipinski definition) is 7. The van der Waals surface area contributed by atoms with Gasteiger partial charge in [-0.1, -0.05) is 48.5 Å². The number of allylic oxidation sites excluding steroid dienone is 3. The molecule has 0 fully saturated rings. The molecule has 2 aromatic carbocycles. The third-order valence-corrected chi connectivity index (χ3v) is 7.93. The first-order valence-electron chi connectivity index (χ1n) is 12.1. The van der Waals surface area contributed by atoms with E-state index in [4.69, 9.17) is 4.74 Å². The fourth-order valence-electron chi connectivity index (χ4n) is 5.14. The average Bonchev–Trinajstić information content (AvgIpc) is 3.43. The summed E-state index contributed by atoms with van der Waals surface area (Å²) in [5, 5.41) is 16.6. The van der Waals surface area contributed by atoms with Crippen molar-refractivity contribution in [1.29, 1.82) is 0 Å². The SMILES string of the molecule is CC1=C(C(=O)OCCc2ccccc2)[C@H](c2ccc([N+](=O)[O-])cc2)C2=C(C[C@H](c3cccs3)CC2=O)N1. The van der Waals surface area contributed by atoms with E-state index >= 15 is 0 Å². The summed E-state index contributed by atoms with van der Waals surface area (Å²) in [6.45, 7) is 2.02. The molecular formula is C29H26N2O5S. The predicted molar refractivity (Wildman–Crippen MR) is 141 cm³/mol. The molecule has 2 aliphatic rings. The van der Waals surface area contributed by atoms with Gasteiger partial charge in [0.15, 0.2) is 5.78 Å². The van der Waals surface area contributed by atoms with Crippen molar-refractivity contribution in [3.8, 4) is 0 Å². The molecule has 8 heteroatoms. The Morgan fingerprint density at radius 2 is 1.84 bits per heavy atom. The second-order valence-corrected chi connectivity index (χ2v) is 10.2. The van der Waals surface area contributed by atoms with E-state index in [9.17, 15) is 19.7 Å². The van der Waals surface area contributed by atoms with Crippen LogP contribution in [0, 0.1) is 10.1 Å². The Labute approximate surface area is 218 Å². The van der Waals surface area contributed by atoms with Gasteiger partial charge >= 0.3 is 5.97 Å². The summed E-state index contributed by atoms with van der Waals surface area (Å²) in [5.74, 6) is -1.11. The number of nitrogens with one attached hydrogen (secondary N) is 1. The quantitative estimate of drug-likeness (QED) is 0.243. The molecule has 2 atom stereocenters. The summed E-state index contributed by atoms with van der Waals surface area (Å²) in [7, 11) is 0. The zero-order valence-corrected chi connectivity index (χ0v) is 21.1. The maximum absolute atomic E-state index is 13.6. The Hall–Kier alpha value is -4.04. The second kappa shape index (κ2) is 10.5. The number of nitro benzene ring substituents is 1. The van der Waals surface area contributed by atoms with Crippen LogP contribution in [-0.4, -0.2) is 23.3 Å². The van der Waals surface area contributed by atoms with E-state index in [0.717, 1.165) is 16.1 Å². The average molecular weight is 515 g/mol. The third kappa shape index (κ3) is 5.11. The number of thiophene rings is 1. The molecule has 5 rings (SSSR count). The molecule has 0 saturated carbocycles. The zero-order valence-electron chi connectivity index (χ0n) is 20.3. The summed E-state index contributed by atoms with van der Waals surface area (Å²) in [4.78, 5) is 38.9. The highest BCUT2D eigenvalue weighted by Crippen LogP contribution is 2.46. The van der Waals surface area contributed by atoms with E-state index in [-0.39, 0.29) is 24.0 Å². The number of hydrogen-bond donors (Lipinski definition) is 1. The maximum Gasteiger partial charge on any atom is 0.336 e. The Morgan fingerprint density at radius 1 is 1.08 bits per heavy atom. The monoisotopic (exact) mass is 514 g/mol. The molecule has 0 amide bonds. The van der Waals surface area contributed by atoms with Crippen molar-refractivity contribution in [3.05, 3.63) is 121 Å². The molecule has 0 bridgehead atoms. The number of carbonyl (C=O) groups is 2. The largest absolute Gasteiger partial charge is 0.462 e. The van der Waals surface area contributed by atoms with Crippen LogP contribution in [0.25, 0.3) is 0 Å². The maximum atomic E-state index is 13.6. The van der Waals surface area contributed by atoms with Crippen molar-refractivity contribution in [2.75, 3.05) is 6.61 Å². The minimum atomic E-state index is -0.655. The minimum Gasteiger partial charge on any atom is -0.462 e. The lowest BCUT2D eigenvalue weighted by Gasteiger charge is -2.36. The van der Waals surface area contributed by atoms with E-state index in [1.54, 1.807) is 23.5 Å². The Bertz CT molecular complexity index is 1390. The molecule has 1 N–H and O–H groups in total. The Morgan fingerprint density at radius 3 is 2.51 bits per heavy atom. The Balaban J connectivity index is 1.47. The molecule has 188 valence electrons. The fraction of sp³-hybridized carbons (Fsp3) is 0.241. The number of nitrogens with zero attached hydrogens (tertiary/aromatic N) is 1. The number of nitro groups is 1. The van der Waals surface area contributed by atoms with Crippen molar-refractivity contribution in [1.82, 2.24) is 5.32 Å². The first kappa shape index (κ1) is 24.6. The molecule has 37 heavy (non-hydrogen) atoms. The highest BCUT2D eigenvalue weighted by molar-refractivity contribution is 7.10. The molecular weight excluding hydrogens is 488 g/mol. The van der Waals surface area contributed by atoms with Gasteiger partial charge in [-0.25, -0.2) is 4.79 Å². The van der Waals surface area contributed by atoms with Crippen molar-refractivity contribution < 1.29 is 19.2 Å². The van der Waals surface area contributed by atoms with Crippen LogP contribution in [0.3, 0.4) is 0 Å². The minimum absolute atomic E-state index is 0.0300. The summed E-state index contributed by atoms with van der Waals surface area (Å²) in [6, 6.07) is 19.9. The first-order valence-corrected chi connectivity index (χ1v) is 13.0. The van der Waals surface area contributed by atoms with Crippen molar-refractivity contribution in [3.63, 3.8) is 0 Å². The summed E-state index contributed by atoms with van der Waals surface area (Å²) < 4.78 is 5.69. The molecule has 7 nitrogen and oxygen atoms in total. The van der Waals surface area contributed by atoms with Crippen LogP contribution in [0.2, 0.25) is 0 Å². The summed E-state index contributed by atoms with van der Waals surface area (Å²) >= 11 is 1.63. The second-order valence-electron chi connectivity index (χ2n) is 9.25. The summed E-state index contributed by atoms with van der Waals surface area (Å²) in [6.07, 6.45) is 1.57. The van der Waals surface area contributed by atoms with Crippen LogP contribution in [0.1, 0.15) is 47.6 Å². The van der Waals surface area contributed by atoms with Gasteiger partial charge in [-0.3, -0.25) is 14.9 Å². The van der Waals surface area contributed by atoms with Gasteiger partial charge in [-0.15, -0.1) is 11.3 Å². The van der Waals surface area contributed by atoms with Gasteiger partial charge in [0.05, 0.1) is 17.1 Å². The normalized spacial score (nSPS) is 19.3. The fourth-order valence-corrected chi connectivity index (χ4v) is 5.97. The van der Waals surface area contributed by atoms with E-state index < -0.39 is 16.8 Å². The lowest BCUT2D eigenvalue weighted by Crippen LogP contribution is -2.36. The number of carbonyl (C=O) groups excluding carboxylic acids is 2. The van der Waals surface area contributed by atoms with Gasteiger partial charge in [0, 0.05) is 58.7 Å². The number of Topliss-reactive ketones (excluding diaryl/α,β-unsaturated/α-hetero) is 1. The lowest BCUT2D eigenvalue weighted by molar-refractivity contribution is -0.384. The number of esters is 1. The molecule has 0 radical (unpaired) electrons. The third-order valence-electron chi connectivity index (χ3n) is 6.90. The number of ether oxygens (including phenoxy) is 1. The van der Waals surface area contributed by atoms with Crippen LogP contribution < -0.4 is 5.32 Å². The van der Waals surface area contributed by atoms with Crippen LogP contribution in [0.4, 0.5) is 5.69 Å². The van der Waals surface area contributed by atoms with Gasteiger partial charge in [-0.2, -0.15) is 0 Å². The van der Waals surface area contributed by atoms with Crippen molar-refractivity contribution in [2.24, 2.45) is 0 Å². The van der Waals surface area contributed by atoms with E-state index in [2.05, 4.69) is 5.32 Å². The van der Waals surface area contributed by atoms with Crippen molar-refractivity contribution >= 4 is 28.8 Å². The van der Waals surface area contributed by atoms with Gasteiger partial charge in [0.1, 0.15) is 0 Å². The molecule has 0 unspecified atom stereocenters. The molecule has 1 aromatic heterocycles. The van der Waals surface area contributed by atoms with Crippen LogP contribution in [0.15, 0.2) is 94.7 Å². The van der Waals surface area contributed by atoms with Gasteiger partial charge in [0.2, 0.25) is 0 Å². The smallest absolute Gasteiger partial charge is 0.336 e. The number of non-ortho nitro benzene ring substituents is 1. The predicted octanol–water partition coefficient (Wildman–Crippen LogP) is 5.80. The molecule has 2 heterocycles. The topological polar surface area (TPSA) is 98.5 Å². The molecule has 1 aliphatic heterocycles. The van der Waals surface area contributed by atoms with Crippen molar-refractivity contribution in [2.45, 2.75) is 38.0 Å². The lowest BCUT2D eigenvalue weighted by atomic mass is 9.72. The number of rotatable bonds is 7. The molecule has 0 saturated heterocycles. The zero-order chi connectivity index (χ0) is 25.9. The molecule has 0 spiro atoms. The standard InChI is InChI=1S/C29H26N2O5S/c1-18-26(29(33)36-14-13-19-6-3-2-4-7-19)27(20-9-11-22(12-10-20)31(34)35)28-23(30-18)16-21(17-24(28)32)25-8-5-15-37-25/h2-12,15,21,27,30H,13-14,16-17H2,1H3/t21-,27-/m0/s1. The summed E-state index contributed by atoms with van der Waals surface area (Å²) in [5.41, 5.74) is 4.00. The molecule has 3 aromatic rings. The van der Waals surface area contributed by atoms with Gasteiger partial charge in [0.25, 0.3) is 5.69 Å². The molecule has 1 aliphatic carbocycles. The highest BCUT2D eigenvalue weighted by Gasteiger charge is 2.41. The Kier molecular flexibility index (Phi) is 7.01. The van der Waals surface area contributed by atoms with E-state index in [0.29, 0.717) is 41.7 Å². The van der Waals surface area contributed by atoms with Gasteiger partial charge in [-0.05, 0) is 35.9 Å².